The van der Waals surface area contributed by atoms with Crippen LogP contribution < -0.4 is 19.9 Å². The second kappa shape index (κ2) is 9.27. The van der Waals surface area contributed by atoms with Gasteiger partial charge in [0, 0.05) is 18.3 Å². The highest BCUT2D eigenvalue weighted by atomic mass is 35.5. The molecule has 0 bridgehead atoms. The van der Waals surface area contributed by atoms with Crippen molar-refractivity contribution in [1.29, 1.82) is 0 Å². The quantitative estimate of drug-likeness (QED) is 0.730. The van der Waals surface area contributed by atoms with Crippen LogP contribution in [0.4, 0.5) is 5.95 Å². The van der Waals surface area contributed by atoms with Crippen molar-refractivity contribution in [2.45, 2.75) is 32.7 Å². The van der Waals surface area contributed by atoms with Crippen LogP contribution in [0.1, 0.15) is 26.2 Å². The van der Waals surface area contributed by atoms with Gasteiger partial charge in [0.2, 0.25) is 11.7 Å². The molecular weight excluding hydrogens is 330 g/mol. The van der Waals surface area contributed by atoms with E-state index in [1.807, 2.05) is 22.9 Å². The average molecular weight is 356 g/mol. The van der Waals surface area contributed by atoms with Gasteiger partial charge in [-0.05, 0) is 18.6 Å². The molecule has 2 rings (SSSR count). The minimum absolute atomic E-state index is 0. The normalized spacial score (nSPS) is 10.2. The van der Waals surface area contributed by atoms with Crippen molar-refractivity contribution in [3.8, 4) is 28.5 Å². The predicted molar refractivity (Wildman–Crippen MR) is 98.5 cm³/mol. The lowest BCUT2D eigenvalue weighted by molar-refractivity contribution is 0.324. The number of unbranched alkanes of at least 4 members (excludes halogenated alkanes) is 2. The SMILES string of the molecule is CCCCCn1cc(-c2cc(OC)c(OC)c(OC)c2)nc1N.Cl. The molecule has 0 fully saturated rings. The smallest absolute Gasteiger partial charge is 0.203 e. The molecule has 134 valence electrons. The van der Waals surface area contributed by atoms with Crippen molar-refractivity contribution in [3.05, 3.63) is 18.3 Å². The number of anilines is 1. The molecule has 0 radical (unpaired) electrons. The number of nitrogens with two attached hydrogens (primary N) is 1. The molecule has 7 heteroatoms. The summed E-state index contributed by atoms with van der Waals surface area (Å²) in [5.41, 5.74) is 7.69. The summed E-state index contributed by atoms with van der Waals surface area (Å²) in [6, 6.07) is 3.75. The summed E-state index contributed by atoms with van der Waals surface area (Å²) in [5, 5.41) is 0. The molecule has 2 N–H and O–H groups in total. The number of nitrogens with zero attached hydrogens (tertiary/aromatic N) is 2. The number of nitrogen functional groups attached to an aromatic ring is 1. The summed E-state index contributed by atoms with van der Waals surface area (Å²) in [6.07, 6.45) is 5.41. The van der Waals surface area contributed by atoms with Gasteiger partial charge in [0.15, 0.2) is 11.5 Å². The lowest BCUT2D eigenvalue weighted by Crippen LogP contribution is -2.02. The number of imidazole rings is 1. The Kier molecular flexibility index (Phi) is 7.71. The first-order valence-electron chi connectivity index (χ1n) is 7.77. The van der Waals surface area contributed by atoms with Crippen LogP contribution in [0.5, 0.6) is 17.2 Å². The Labute approximate surface area is 149 Å². The van der Waals surface area contributed by atoms with Gasteiger partial charge in [-0.15, -0.1) is 12.4 Å². The van der Waals surface area contributed by atoms with Gasteiger partial charge in [0.05, 0.1) is 27.0 Å². The monoisotopic (exact) mass is 355 g/mol. The summed E-state index contributed by atoms with van der Waals surface area (Å²) in [5.74, 6) is 2.28. The molecule has 0 atom stereocenters. The van der Waals surface area contributed by atoms with Crippen molar-refractivity contribution in [2.75, 3.05) is 27.1 Å². The molecule has 1 aromatic carbocycles. The Morgan fingerprint density at radius 1 is 1.04 bits per heavy atom. The summed E-state index contributed by atoms with van der Waals surface area (Å²) >= 11 is 0. The summed E-state index contributed by atoms with van der Waals surface area (Å²) < 4.78 is 18.1. The van der Waals surface area contributed by atoms with Gasteiger partial charge in [-0.25, -0.2) is 4.98 Å². The van der Waals surface area contributed by atoms with E-state index in [0.717, 1.165) is 24.2 Å². The first-order chi connectivity index (χ1) is 11.1. The molecule has 0 aliphatic heterocycles. The topological polar surface area (TPSA) is 71.5 Å². The first kappa shape index (κ1) is 20.0. The molecule has 0 saturated heterocycles. The largest absolute Gasteiger partial charge is 0.493 e. The van der Waals surface area contributed by atoms with Crippen LogP contribution in [-0.2, 0) is 6.54 Å². The fourth-order valence-corrected chi connectivity index (χ4v) is 2.51. The van der Waals surface area contributed by atoms with Gasteiger partial charge in [0.1, 0.15) is 0 Å². The van der Waals surface area contributed by atoms with Crippen molar-refractivity contribution in [1.82, 2.24) is 9.55 Å². The van der Waals surface area contributed by atoms with Gasteiger partial charge in [-0.2, -0.15) is 0 Å². The summed E-state index contributed by atoms with van der Waals surface area (Å²) in [7, 11) is 4.78. The minimum atomic E-state index is 0. The Bertz CT molecular complexity index is 634. The highest BCUT2D eigenvalue weighted by Crippen LogP contribution is 2.41. The van der Waals surface area contributed by atoms with Gasteiger partial charge in [-0.1, -0.05) is 19.8 Å². The Morgan fingerprint density at radius 3 is 2.17 bits per heavy atom. The highest BCUT2D eigenvalue weighted by molar-refractivity contribution is 5.85. The van der Waals surface area contributed by atoms with E-state index in [-0.39, 0.29) is 12.4 Å². The van der Waals surface area contributed by atoms with E-state index in [1.54, 1.807) is 21.3 Å². The van der Waals surface area contributed by atoms with E-state index in [9.17, 15) is 0 Å². The highest BCUT2D eigenvalue weighted by Gasteiger charge is 2.16. The number of aryl methyl sites for hydroxylation is 1. The van der Waals surface area contributed by atoms with Gasteiger partial charge >= 0.3 is 0 Å². The van der Waals surface area contributed by atoms with Crippen LogP contribution in [0.25, 0.3) is 11.3 Å². The van der Waals surface area contributed by atoms with Crippen LogP contribution >= 0.6 is 12.4 Å². The molecule has 0 aliphatic rings. The molecule has 2 aromatic rings. The third kappa shape index (κ3) is 4.26. The van der Waals surface area contributed by atoms with Gasteiger partial charge in [-0.3, -0.25) is 0 Å². The zero-order chi connectivity index (χ0) is 16.8. The fourth-order valence-electron chi connectivity index (χ4n) is 2.51. The second-order valence-corrected chi connectivity index (χ2v) is 5.30. The van der Waals surface area contributed by atoms with E-state index >= 15 is 0 Å². The molecule has 0 amide bonds. The first-order valence-corrected chi connectivity index (χ1v) is 7.77. The van der Waals surface area contributed by atoms with E-state index in [0.29, 0.717) is 23.2 Å². The van der Waals surface area contributed by atoms with Crippen molar-refractivity contribution >= 4 is 18.4 Å². The number of ether oxygens (including phenoxy) is 3. The lowest BCUT2D eigenvalue weighted by atomic mass is 10.1. The molecule has 24 heavy (non-hydrogen) atoms. The van der Waals surface area contributed by atoms with Gasteiger partial charge < -0.3 is 24.5 Å². The lowest BCUT2D eigenvalue weighted by Gasteiger charge is -2.13. The summed E-state index contributed by atoms with van der Waals surface area (Å²) in [6.45, 7) is 3.05. The van der Waals surface area contributed by atoms with Crippen LogP contribution in [-0.4, -0.2) is 30.9 Å². The van der Waals surface area contributed by atoms with E-state index in [1.165, 1.54) is 12.8 Å². The van der Waals surface area contributed by atoms with Crippen LogP contribution in [0.15, 0.2) is 18.3 Å². The Hall–Kier alpha value is -2.08. The number of hydrogen-bond acceptors (Lipinski definition) is 5. The molecule has 0 saturated carbocycles. The third-order valence-electron chi connectivity index (χ3n) is 3.77. The summed E-state index contributed by atoms with van der Waals surface area (Å²) in [4.78, 5) is 4.45. The maximum absolute atomic E-state index is 6.02. The number of rotatable bonds is 8. The number of methoxy groups -OCH3 is 3. The van der Waals surface area contributed by atoms with Crippen LogP contribution in [0.3, 0.4) is 0 Å². The fraction of sp³-hybridized carbons (Fsp3) is 0.471. The second-order valence-electron chi connectivity index (χ2n) is 5.30. The number of benzene rings is 1. The van der Waals surface area contributed by atoms with Crippen molar-refractivity contribution in [3.63, 3.8) is 0 Å². The Morgan fingerprint density at radius 2 is 1.67 bits per heavy atom. The molecule has 6 nitrogen and oxygen atoms in total. The van der Waals surface area contributed by atoms with Crippen LogP contribution in [0.2, 0.25) is 0 Å². The van der Waals surface area contributed by atoms with E-state index in [4.69, 9.17) is 19.9 Å². The van der Waals surface area contributed by atoms with Crippen molar-refractivity contribution < 1.29 is 14.2 Å². The van der Waals surface area contributed by atoms with Crippen LogP contribution in [0, 0.1) is 0 Å². The maximum Gasteiger partial charge on any atom is 0.203 e. The average Bonchev–Trinajstić information content (AvgIpc) is 2.94. The zero-order valence-electron chi connectivity index (χ0n) is 14.7. The standard InChI is InChI=1S/C17H25N3O3.ClH/c1-5-6-7-8-20-11-13(19-17(20)18)12-9-14(21-2)16(23-4)15(10-12)22-3;/h9-11H,5-8H2,1-4H3,(H2,18,19);1H. The Balaban J connectivity index is 0.00000288. The molecule has 0 spiro atoms. The number of aromatic nitrogens is 2. The third-order valence-corrected chi connectivity index (χ3v) is 3.77. The van der Waals surface area contributed by atoms with Crippen molar-refractivity contribution in [2.24, 2.45) is 0 Å². The molecule has 1 aromatic heterocycles. The maximum atomic E-state index is 6.02. The molecule has 0 unspecified atom stereocenters. The van der Waals surface area contributed by atoms with E-state index < -0.39 is 0 Å². The zero-order valence-corrected chi connectivity index (χ0v) is 15.5. The molecule has 1 heterocycles. The predicted octanol–water partition coefficient (Wildman–Crippen LogP) is 3.77. The van der Waals surface area contributed by atoms with E-state index in [2.05, 4.69) is 11.9 Å². The van der Waals surface area contributed by atoms with Gasteiger partial charge in [0.25, 0.3) is 0 Å². The molecular formula is C17H26ClN3O3. The molecule has 0 aliphatic carbocycles. The minimum Gasteiger partial charge on any atom is -0.493 e. The number of hydrogen-bond donors (Lipinski definition) is 1. The number of halogens is 1.